The molecular weight excluding hydrogens is 286 g/mol. The van der Waals surface area contributed by atoms with E-state index in [0.717, 1.165) is 26.1 Å². The highest BCUT2D eigenvalue weighted by molar-refractivity contribution is 7.12. The molecule has 1 aliphatic rings. The summed E-state index contributed by atoms with van der Waals surface area (Å²) < 4.78 is 0. The lowest BCUT2D eigenvalue weighted by atomic mass is 9.96. The number of amides is 2. The minimum atomic E-state index is -0.105. The van der Waals surface area contributed by atoms with E-state index in [4.69, 9.17) is 0 Å². The van der Waals surface area contributed by atoms with E-state index in [1.54, 1.807) is 6.07 Å². The van der Waals surface area contributed by atoms with Crippen molar-refractivity contribution in [2.75, 3.05) is 26.2 Å². The van der Waals surface area contributed by atoms with E-state index in [9.17, 15) is 9.59 Å². The summed E-state index contributed by atoms with van der Waals surface area (Å²) in [5.74, 6) is 0.578. The molecule has 1 aromatic rings. The van der Waals surface area contributed by atoms with Crippen LogP contribution in [0.5, 0.6) is 0 Å². The Morgan fingerprint density at radius 2 is 2.24 bits per heavy atom. The van der Waals surface area contributed by atoms with Crippen molar-refractivity contribution >= 4 is 23.2 Å². The van der Waals surface area contributed by atoms with E-state index < -0.39 is 0 Å². The summed E-state index contributed by atoms with van der Waals surface area (Å²) in [7, 11) is 0. The predicted molar refractivity (Wildman–Crippen MR) is 84.5 cm³/mol. The van der Waals surface area contributed by atoms with Crippen LogP contribution in [-0.4, -0.2) is 38.0 Å². The van der Waals surface area contributed by atoms with Crippen molar-refractivity contribution in [2.24, 2.45) is 5.92 Å². The van der Waals surface area contributed by atoms with Crippen molar-refractivity contribution in [3.63, 3.8) is 0 Å². The normalized spacial score (nSPS) is 18.2. The average molecular weight is 309 g/mol. The summed E-state index contributed by atoms with van der Waals surface area (Å²) in [5, 5.41) is 10.9. The Labute approximate surface area is 129 Å². The smallest absolute Gasteiger partial charge is 0.261 e. The molecule has 0 bridgehead atoms. The molecule has 0 saturated carbocycles. The van der Waals surface area contributed by atoms with E-state index in [1.165, 1.54) is 24.2 Å². The molecule has 1 unspecified atom stereocenters. The Morgan fingerprint density at radius 3 is 2.95 bits per heavy atom. The Bertz CT molecular complexity index is 442. The highest BCUT2D eigenvalue weighted by Crippen LogP contribution is 2.12. The molecule has 0 radical (unpaired) electrons. The van der Waals surface area contributed by atoms with E-state index in [-0.39, 0.29) is 11.8 Å². The van der Waals surface area contributed by atoms with Gasteiger partial charge in [-0.3, -0.25) is 9.59 Å². The molecule has 1 atom stereocenters. The molecule has 1 saturated heterocycles. The van der Waals surface area contributed by atoms with Gasteiger partial charge in [-0.25, -0.2) is 0 Å². The molecule has 0 spiro atoms. The SMILES string of the molecule is O=C(CCNC(=O)c1cccs1)NCCC1CCCNC1. The fraction of sp³-hybridized carbons (Fsp3) is 0.600. The molecule has 2 heterocycles. The molecule has 1 aliphatic heterocycles. The number of carbonyl (C=O) groups is 2. The number of piperidine rings is 1. The van der Waals surface area contributed by atoms with Crippen molar-refractivity contribution in [2.45, 2.75) is 25.7 Å². The lowest BCUT2D eigenvalue weighted by Gasteiger charge is -2.22. The van der Waals surface area contributed by atoms with Gasteiger partial charge in [-0.05, 0) is 49.7 Å². The second-order valence-electron chi connectivity index (χ2n) is 5.33. The van der Waals surface area contributed by atoms with E-state index in [0.29, 0.717) is 23.8 Å². The topological polar surface area (TPSA) is 70.2 Å². The standard InChI is InChI=1S/C15H23N3O2S/c19-14(17-8-5-12-3-1-7-16-11-12)6-9-18-15(20)13-4-2-10-21-13/h2,4,10,12,16H,1,3,5-9,11H2,(H,17,19)(H,18,20). The molecule has 2 rings (SSSR count). The zero-order chi connectivity index (χ0) is 14.9. The second-order valence-corrected chi connectivity index (χ2v) is 6.28. The Kier molecular flexibility index (Phi) is 6.69. The summed E-state index contributed by atoms with van der Waals surface area (Å²) in [6.07, 6.45) is 3.84. The van der Waals surface area contributed by atoms with Gasteiger partial charge in [0.25, 0.3) is 5.91 Å². The van der Waals surface area contributed by atoms with Crippen LogP contribution in [0, 0.1) is 5.92 Å². The van der Waals surface area contributed by atoms with Crippen LogP contribution in [-0.2, 0) is 4.79 Å². The first-order chi connectivity index (χ1) is 10.3. The minimum absolute atomic E-state index is 0.00486. The summed E-state index contributed by atoms with van der Waals surface area (Å²) >= 11 is 1.40. The minimum Gasteiger partial charge on any atom is -0.356 e. The van der Waals surface area contributed by atoms with Gasteiger partial charge in [0.05, 0.1) is 4.88 Å². The van der Waals surface area contributed by atoms with Crippen molar-refractivity contribution in [3.8, 4) is 0 Å². The van der Waals surface area contributed by atoms with Gasteiger partial charge < -0.3 is 16.0 Å². The first kappa shape index (κ1) is 16.0. The number of nitrogens with one attached hydrogen (secondary N) is 3. The fourth-order valence-electron chi connectivity index (χ4n) is 2.46. The number of hydrogen-bond donors (Lipinski definition) is 3. The van der Waals surface area contributed by atoms with Gasteiger partial charge in [0.15, 0.2) is 0 Å². The zero-order valence-corrected chi connectivity index (χ0v) is 13.0. The van der Waals surface area contributed by atoms with Gasteiger partial charge in [0, 0.05) is 19.5 Å². The van der Waals surface area contributed by atoms with Crippen LogP contribution < -0.4 is 16.0 Å². The zero-order valence-electron chi connectivity index (χ0n) is 12.2. The predicted octanol–water partition coefficient (Wildman–Crippen LogP) is 1.37. The molecule has 3 N–H and O–H groups in total. The summed E-state index contributed by atoms with van der Waals surface area (Å²) in [4.78, 5) is 24.0. The van der Waals surface area contributed by atoms with Crippen LogP contribution in [0.4, 0.5) is 0 Å². The molecule has 0 aliphatic carbocycles. The maximum absolute atomic E-state index is 11.7. The Hall–Kier alpha value is -1.40. The summed E-state index contributed by atoms with van der Waals surface area (Å²) in [6.45, 7) is 3.29. The maximum Gasteiger partial charge on any atom is 0.261 e. The Morgan fingerprint density at radius 1 is 1.33 bits per heavy atom. The van der Waals surface area contributed by atoms with Gasteiger partial charge in [-0.2, -0.15) is 0 Å². The number of rotatable bonds is 7. The number of thiophene rings is 1. The van der Waals surface area contributed by atoms with Gasteiger partial charge in [0.2, 0.25) is 5.91 Å². The largest absolute Gasteiger partial charge is 0.356 e. The number of carbonyl (C=O) groups excluding carboxylic acids is 2. The molecule has 1 fully saturated rings. The second kappa shape index (κ2) is 8.79. The molecule has 5 nitrogen and oxygen atoms in total. The molecule has 0 aromatic carbocycles. The van der Waals surface area contributed by atoms with Gasteiger partial charge in [-0.15, -0.1) is 11.3 Å². The molecular formula is C15H23N3O2S. The molecule has 116 valence electrons. The summed E-state index contributed by atoms with van der Waals surface area (Å²) in [5.41, 5.74) is 0. The third-order valence-corrected chi connectivity index (χ3v) is 4.52. The van der Waals surface area contributed by atoms with E-state index in [2.05, 4.69) is 16.0 Å². The highest BCUT2D eigenvalue weighted by Gasteiger charge is 2.13. The van der Waals surface area contributed by atoms with Crippen LogP contribution in [0.2, 0.25) is 0 Å². The highest BCUT2D eigenvalue weighted by atomic mass is 32.1. The molecule has 21 heavy (non-hydrogen) atoms. The summed E-state index contributed by atoms with van der Waals surface area (Å²) in [6, 6.07) is 3.62. The van der Waals surface area contributed by atoms with E-state index >= 15 is 0 Å². The third kappa shape index (κ3) is 5.85. The average Bonchev–Trinajstić information content (AvgIpc) is 3.02. The first-order valence-electron chi connectivity index (χ1n) is 7.55. The number of hydrogen-bond acceptors (Lipinski definition) is 4. The lowest BCUT2D eigenvalue weighted by Crippen LogP contribution is -2.34. The van der Waals surface area contributed by atoms with Gasteiger partial charge in [-0.1, -0.05) is 6.07 Å². The third-order valence-electron chi connectivity index (χ3n) is 3.66. The van der Waals surface area contributed by atoms with Crippen LogP contribution in [0.3, 0.4) is 0 Å². The maximum atomic E-state index is 11.7. The van der Waals surface area contributed by atoms with Crippen LogP contribution in [0.25, 0.3) is 0 Å². The van der Waals surface area contributed by atoms with Crippen molar-refractivity contribution in [3.05, 3.63) is 22.4 Å². The van der Waals surface area contributed by atoms with Crippen molar-refractivity contribution in [1.29, 1.82) is 0 Å². The van der Waals surface area contributed by atoms with Crippen LogP contribution >= 0.6 is 11.3 Å². The van der Waals surface area contributed by atoms with Gasteiger partial charge >= 0.3 is 0 Å². The van der Waals surface area contributed by atoms with Gasteiger partial charge in [0.1, 0.15) is 0 Å². The Balaban J connectivity index is 1.52. The quantitative estimate of drug-likeness (QED) is 0.712. The van der Waals surface area contributed by atoms with E-state index in [1.807, 2.05) is 11.4 Å². The van der Waals surface area contributed by atoms with Crippen LogP contribution in [0.15, 0.2) is 17.5 Å². The lowest BCUT2D eigenvalue weighted by molar-refractivity contribution is -0.121. The molecule has 2 amide bonds. The monoisotopic (exact) mass is 309 g/mol. The molecule has 6 heteroatoms. The fourth-order valence-corrected chi connectivity index (χ4v) is 3.10. The van der Waals surface area contributed by atoms with Crippen molar-refractivity contribution in [1.82, 2.24) is 16.0 Å². The molecule has 1 aromatic heterocycles. The van der Waals surface area contributed by atoms with Crippen LogP contribution in [0.1, 0.15) is 35.4 Å². The van der Waals surface area contributed by atoms with Crippen molar-refractivity contribution < 1.29 is 9.59 Å². The first-order valence-corrected chi connectivity index (χ1v) is 8.43.